The summed E-state index contributed by atoms with van der Waals surface area (Å²) in [4.78, 5) is 35.7. The predicted molar refractivity (Wildman–Crippen MR) is 96.5 cm³/mol. The Morgan fingerprint density at radius 3 is 2.36 bits per heavy atom. The number of rotatable bonds is 7. The van der Waals surface area contributed by atoms with Crippen molar-refractivity contribution in [2.75, 3.05) is 11.9 Å². The molecule has 3 amide bonds. The van der Waals surface area contributed by atoms with E-state index in [2.05, 4.69) is 16.0 Å². The van der Waals surface area contributed by atoms with Crippen molar-refractivity contribution in [1.82, 2.24) is 10.6 Å². The number of carbonyl (C=O) groups is 3. The molecule has 0 fully saturated rings. The van der Waals surface area contributed by atoms with E-state index >= 15 is 0 Å². The summed E-state index contributed by atoms with van der Waals surface area (Å²) in [6.07, 6.45) is -0.189. The maximum atomic E-state index is 12.2. The first kappa shape index (κ1) is 20.5. The van der Waals surface area contributed by atoms with Gasteiger partial charge in [0.15, 0.2) is 0 Å². The maximum absolute atomic E-state index is 12.2. The van der Waals surface area contributed by atoms with Gasteiger partial charge >= 0.3 is 12.0 Å². The van der Waals surface area contributed by atoms with E-state index in [0.29, 0.717) is 11.3 Å². The van der Waals surface area contributed by atoms with E-state index in [9.17, 15) is 14.4 Å². The van der Waals surface area contributed by atoms with Crippen molar-refractivity contribution in [3.05, 3.63) is 29.8 Å². The van der Waals surface area contributed by atoms with Gasteiger partial charge in [0, 0.05) is 23.8 Å². The number of carbonyl (C=O) groups excluding carboxylic acids is 3. The van der Waals surface area contributed by atoms with Crippen molar-refractivity contribution in [3.63, 3.8) is 0 Å². The highest BCUT2D eigenvalue weighted by molar-refractivity contribution is 5.97. The van der Waals surface area contributed by atoms with Crippen LogP contribution in [0.4, 0.5) is 10.5 Å². The lowest BCUT2D eigenvalue weighted by molar-refractivity contribution is -0.151. The van der Waals surface area contributed by atoms with Crippen LogP contribution in [0, 0.1) is 5.92 Å². The smallest absolute Gasteiger partial charge is 0.319 e. The van der Waals surface area contributed by atoms with Crippen molar-refractivity contribution >= 4 is 23.6 Å². The molecule has 25 heavy (non-hydrogen) atoms. The summed E-state index contributed by atoms with van der Waals surface area (Å²) in [6, 6.07) is 6.26. The number of esters is 1. The zero-order chi connectivity index (χ0) is 19.0. The molecule has 0 saturated carbocycles. The lowest BCUT2D eigenvalue weighted by atomic mass is 10.1. The Morgan fingerprint density at radius 1 is 1.08 bits per heavy atom. The third-order valence-electron chi connectivity index (χ3n) is 3.13. The van der Waals surface area contributed by atoms with Crippen LogP contribution in [-0.2, 0) is 9.53 Å². The minimum Gasteiger partial charge on any atom is -0.463 e. The van der Waals surface area contributed by atoms with Crippen molar-refractivity contribution in [1.29, 1.82) is 0 Å². The Balaban J connectivity index is 2.60. The molecular weight excluding hydrogens is 322 g/mol. The third-order valence-corrected chi connectivity index (χ3v) is 3.13. The topological polar surface area (TPSA) is 96.5 Å². The van der Waals surface area contributed by atoms with Gasteiger partial charge in [-0.25, -0.2) is 4.79 Å². The predicted octanol–water partition coefficient (Wildman–Crippen LogP) is 2.53. The van der Waals surface area contributed by atoms with Crippen LogP contribution >= 0.6 is 0 Å². The van der Waals surface area contributed by atoms with Gasteiger partial charge in [-0.1, -0.05) is 13.0 Å². The monoisotopic (exact) mass is 349 g/mol. The third kappa shape index (κ3) is 7.69. The number of ether oxygens (including phenoxy) is 1. The second-order valence-electron chi connectivity index (χ2n) is 6.43. The lowest BCUT2D eigenvalue weighted by Gasteiger charge is -2.15. The highest BCUT2D eigenvalue weighted by atomic mass is 16.5. The molecule has 1 unspecified atom stereocenters. The van der Waals surface area contributed by atoms with E-state index in [1.54, 1.807) is 45.0 Å². The first-order valence-electron chi connectivity index (χ1n) is 8.35. The summed E-state index contributed by atoms with van der Waals surface area (Å²) in [5.41, 5.74) is 0.907. The van der Waals surface area contributed by atoms with Gasteiger partial charge < -0.3 is 20.7 Å². The summed E-state index contributed by atoms with van der Waals surface area (Å²) in [7, 11) is 0. The van der Waals surface area contributed by atoms with Crippen LogP contribution in [0.3, 0.4) is 0 Å². The lowest BCUT2D eigenvalue weighted by Crippen LogP contribution is -2.34. The number of benzene rings is 1. The molecule has 0 heterocycles. The van der Waals surface area contributed by atoms with Crippen molar-refractivity contribution < 1.29 is 19.1 Å². The summed E-state index contributed by atoms with van der Waals surface area (Å²) in [6.45, 7) is 9.13. The van der Waals surface area contributed by atoms with Crippen LogP contribution in [0.25, 0.3) is 0 Å². The van der Waals surface area contributed by atoms with Crippen LogP contribution in [-0.4, -0.2) is 36.6 Å². The van der Waals surface area contributed by atoms with E-state index in [0.717, 1.165) is 0 Å². The zero-order valence-electron chi connectivity index (χ0n) is 15.4. The fourth-order valence-corrected chi connectivity index (χ4v) is 1.95. The molecule has 0 aliphatic rings. The number of urea groups is 1. The SMILES string of the molecule is CC(C)NC(=O)Nc1cccc(C(=O)NCC(C)C(=O)OC(C)C)c1. The van der Waals surface area contributed by atoms with E-state index in [1.165, 1.54) is 0 Å². The first-order chi connectivity index (χ1) is 11.7. The minimum atomic E-state index is -0.440. The number of amides is 3. The molecule has 0 aliphatic heterocycles. The van der Waals surface area contributed by atoms with Gasteiger partial charge in [-0.2, -0.15) is 0 Å². The summed E-state index contributed by atoms with van der Waals surface area (Å²) in [5.74, 6) is -1.11. The normalized spacial score (nSPS) is 11.8. The molecule has 0 aliphatic carbocycles. The highest BCUT2D eigenvalue weighted by Crippen LogP contribution is 2.11. The van der Waals surface area contributed by atoms with Gasteiger partial charge in [0.25, 0.3) is 5.91 Å². The molecule has 1 aromatic carbocycles. The van der Waals surface area contributed by atoms with Gasteiger partial charge in [0.05, 0.1) is 12.0 Å². The molecule has 7 nitrogen and oxygen atoms in total. The van der Waals surface area contributed by atoms with Crippen LogP contribution in [0.15, 0.2) is 24.3 Å². The fraction of sp³-hybridized carbons (Fsp3) is 0.500. The zero-order valence-corrected chi connectivity index (χ0v) is 15.4. The van der Waals surface area contributed by atoms with Crippen LogP contribution < -0.4 is 16.0 Å². The van der Waals surface area contributed by atoms with E-state index in [4.69, 9.17) is 4.74 Å². The summed E-state index contributed by atoms with van der Waals surface area (Å²) < 4.78 is 5.10. The molecular formula is C18H27N3O4. The average Bonchev–Trinajstić information content (AvgIpc) is 2.50. The first-order valence-corrected chi connectivity index (χ1v) is 8.35. The summed E-state index contributed by atoms with van der Waals surface area (Å²) >= 11 is 0. The van der Waals surface area contributed by atoms with E-state index in [1.807, 2.05) is 13.8 Å². The molecule has 0 bridgehead atoms. The van der Waals surface area contributed by atoms with E-state index < -0.39 is 5.92 Å². The minimum absolute atomic E-state index is 0.0126. The number of nitrogens with one attached hydrogen (secondary N) is 3. The largest absolute Gasteiger partial charge is 0.463 e. The summed E-state index contributed by atoms with van der Waals surface area (Å²) in [5, 5.41) is 8.07. The van der Waals surface area contributed by atoms with Crippen molar-refractivity contribution in [2.45, 2.75) is 46.8 Å². The Hall–Kier alpha value is -2.57. The Bertz CT molecular complexity index is 614. The quantitative estimate of drug-likeness (QED) is 0.659. The van der Waals surface area contributed by atoms with Crippen LogP contribution in [0.2, 0.25) is 0 Å². The molecule has 3 N–H and O–H groups in total. The van der Waals surface area contributed by atoms with Crippen LogP contribution in [0.1, 0.15) is 45.0 Å². The van der Waals surface area contributed by atoms with E-state index in [-0.39, 0.29) is 36.6 Å². The highest BCUT2D eigenvalue weighted by Gasteiger charge is 2.17. The fourth-order valence-electron chi connectivity index (χ4n) is 1.95. The van der Waals surface area contributed by atoms with Crippen molar-refractivity contribution in [2.24, 2.45) is 5.92 Å². The second-order valence-corrected chi connectivity index (χ2v) is 6.43. The maximum Gasteiger partial charge on any atom is 0.319 e. The molecule has 1 atom stereocenters. The van der Waals surface area contributed by atoms with Gasteiger partial charge in [-0.15, -0.1) is 0 Å². The molecule has 0 radical (unpaired) electrons. The number of anilines is 1. The average molecular weight is 349 g/mol. The molecule has 0 saturated heterocycles. The van der Waals surface area contributed by atoms with Gasteiger partial charge in [0.1, 0.15) is 0 Å². The molecule has 0 aromatic heterocycles. The molecule has 7 heteroatoms. The Kier molecular flexibility index (Phi) is 7.91. The van der Waals surface area contributed by atoms with Gasteiger partial charge in [-0.3, -0.25) is 9.59 Å². The molecule has 138 valence electrons. The molecule has 0 spiro atoms. The molecule has 1 aromatic rings. The van der Waals surface area contributed by atoms with Gasteiger partial charge in [-0.05, 0) is 45.9 Å². The molecule has 1 rings (SSSR count). The number of hydrogen-bond acceptors (Lipinski definition) is 4. The van der Waals surface area contributed by atoms with Crippen molar-refractivity contribution in [3.8, 4) is 0 Å². The Labute approximate surface area is 148 Å². The van der Waals surface area contributed by atoms with Gasteiger partial charge in [0.2, 0.25) is 0 Å². The van der Waals surface area contributed by atoms with Crippen LogP contribution in [0.5, 0.6) is 0 Å². The number of hydrogen-bond donors (Lipinski definition) is 3. The Morgan fingerprint density at radius 2 is 1.76 bits per heavy atom. The standard InChI is InChI=1S/C18H27N3O4/c1-11(2)20-18(24)21-15-8-6-7-14(9-15)16(22)19-10-13(5)17(23)25-12(3)4/h6-9,11-13H,10H2,1-5H3,(H,19,22)(H2,20,21,24). The second kappa shape index (κ2) is 9.66.